The Morgan fingerprint density at radius 2 is 1.31 bits per heavy atom. The van der Waals surface area contributed by atoms with E-state index in [2.05, 4.69) is 34.2 Å². The van der Waals surface area contributed by atoms with E-state index >= 15 is 0 Å². The van der Waals surface area contributed by atoms with Crippen molar-refractivity contribution < 1.29 is 28.8 Å². The number of unbranched alkanes of at least 4 members (excludes halogenated alkanes) is 12. The molecule has 0 aromatic heterocycles. The third-order valence-electron chi connectivity index (χ3n) is 5.34. The Morgan fingerprint density at radius 3 is 1.86 bits per heavy atom. The molecule has 1 amide bonds. The maximum Gasteiger partial charge on any atom is 0.469 e. The Kier molecular flexibility index (Phi) is 30.6. The standard InChI is InChI=1S/C22H44N2O2.C4H11O4P/c1-2-3-4-5-6-7-8-9-10-11-12-13-14-15-16-17-22(26)24-19-18-23-20-21-25;1-2-3-4-8-9(5,6)7/h9-10,23,25H,2-8,11-21H2,1H3,(H,24,26);2-4H2,1H3,(H2,5,6,7)/b10-9-;. The molecule has 0 saturated heterocycles. The Bertz CT molecular complexity index is 514. The normalized spacial score (nSPS) is 11.5. The molecule has 0 rings (SSSR count). The average Bonchev–Trinajstić information content (AvgIpc) is 2.81. The molecule has 0 fully saturated rings. The minimum atomic E-state index is -4.20. The molecule has 0 bridgehead atoms. The topological polar surface area (TPSA) is 128 Å². The van der Waals surface area contributed by atoms with Gasteiger partial charge in [0.2, 0.25) is 5.91 Å². The van der Waals surface area contributed by atoms with Crippen LogP contribution in [0.25, 0.3) is 0 Å². The Morgan fingerprint density at radius 1 is 0.771 bits per heavy atom. The van der Waals surface area contributed by atoms with Gasteiger partial charge in [-0.25, -0.2) is 4.57 Å². The number of rotatable bonds is 24. The highest BCUT2D eigenvalue weighted by atomic mass is 31.2. The van der Waals surface area contributed by atoms with Crippen LogP contribution in [0.15, 0.2) is 12.2 Å². The summed E-state index contributed by atoms with van der Waals surface area (Å²) < 4.78 is 14.1. The number of hydrogen-bond acceptors (Lipinski definition) is 5. The van der Waals surface area contributed by atoms with E-state index in [-0.39, 0.29) is 19.1 Å². The zero-order chi connectivity index (χ0) is 26.5. The van der Waals surface area contributed by atoms with Crippen molar-refractivity contribution in [3.8, 4) is 0 Å². The molecule has 0 aliphatic heterocycles. The van der Waals surface area contributed by atoms with E-state index in [9.17, 15) is 9.36 Å². The van der Waals surface area contributed by atoms with Gasteiger partial charge in [0.1, 0.15) is 0 Å². The van der Waals surface area contributed by atoms with Crippen LogP contribution in [0, 0.1) is 0 Å². The quantitative estimate of drug-likeness (QED) is 0.0632. The third kappa shape index (κ3) is 37.9. The summed E-state index contributed by atoms with van der Waals surface area (Å²) >= 11 is 0. The third-order valence-corrected chi connectivity index (χ3v) is 5.85. The zero-order valence-electron chi connectivity index (χ0n) is 22.5. The number of amides is 1. The van der Waals surface area contributed by atoms with Crippen LogP contribution in [-0.2, 0) is 13.9 Å². The molecule has 35 heavy (non-hydrogen) atoms. The SMILES string of the molecule is CCCCCCCC/C=C\CCCCCCCC(=O)NCCNCCO.CCCCOP(=O)(O)O. The number of phosphoric ester groups is 1. The Hall–Kier alpha value is -0.760. The Balaban J connectivity index is 0. The minimum absolute atomic E-state index is 0.140. The van der Waals surface area contributed by atoms with Crippen LogP contribution in [0.4, 0.5) is 0 Å². The van der Waals surface area contributed by atoms with Crippen molar-refractivity contribution in [2.75, 3.05) is 32.8 Å². The zero-order valence-corrected chi connectivity index (χ0v) is 23.4. The van der Waals surface area contributed by atoms with E-state index in [4.69, 9.17) is 14.9 Å². The number of carbonyl (C=O) groups excluding carboxylic acids is 1. The summed E-state index contributed by atoms with van der Waals surface area (Å²) in [6.07, 6.45) is 23.5. The average molecular weight is 523 g/mol. The Labute approximate surface area is 214 Å². The maximum absolute atomic E-state index is 11.6. The fraction of sp³-hybridized carbons (Fsp3) is 0.885. The highest BCUT2D eigenvalue weighted by Crippen LogP contribution is 2.35. The van der Waals surface area contributed by atoms with Gasteiger partial charge in [-0.1, -0.05) is 83.8 Å². The van der Waals surface area contributed by atoms with Crippen molar-refractivity contribution in [2.45, 2.75) is 117 Å². The van der Waals surface area contributed by atoms with E-state index in [0.717, 1.165) is 25.8 Å². The smallest absolute Gasteiger partial charge is 0.395 e. The first-order chi connectivity index (χ1) is 16.9. The van der Waals surface area contributed by atoms with Gasteiger partial charge < -0.3 is 25.5 Å². The number of aliphatic hydroxyl groups is 1. The van der Waals surface area contributed by atoms with Crippen molar-refractivity contribution >= 4 is 13.7 Å². The van der Waals surface area contributed by atoms with Gasteiger partial charge in [0.05, 0.1) is 13.2 Å². The van der Waals surface area contributed by atoms with Gasteiger partial charge in [-0.05, 0) is 38.5 Å². The van der Waals surface area contributed by atoms with Crippen LogP contribution in [0.5, 0.6) is 0 Å². The molecule has 5 N–H and O–H groups in total. The van der Waals surface area contributed by atoms with E-state index in [1.807, 2.05) is 6.92 Å². The van der Waals surface area contributed by atoms with Crippen LogP contribution in [0.1, 0.15) is 117 Å². The first-order valence-electron chi connectivity index (χ1n) is 13.8. The molecule has 0 radical (unpaired) electrons. The predicted molar refractivity (Wildman–Crippen MR) is 145 cm³/mol. The summed E-state index contributed by atoms with van der Waals surface area (Å²) in [4.78, 5) is 27.9. The van der Waals surface area contributed by atoms with E-state index in [1.165, 1.54) is 70.6 Å². The molecular formula is C26H55N2O6P. The highest BCUT2D eigenvalue weighted by Gasteiger charge is 2.11. The number of phosphoric acid groups is 1. The first-order valence-corrected chi connectivity index (χ1v) is 15.3. The second kappa shape index (κ2) is 29.5. The molecule has 0 atom stereocenters. The number of hydrogen-bond donors (Lipinski definition) is 5. The fourth-order valence-corrected chi connectivity index (χ4v) is 3.63. The van der Waals surface area contributed by atoms with E-state index < -0.39 is 7.82 Å². The van der Waals surface area contributed by atoms with Gasteiger partial charge in [-0.15, -0.1) is 0 Å². The predicted octanol–water partition coefficient (Wildman–Crippen LogP) is 5.62. The van der Waals surface area contributed by atoms with Crippen molar-refractivity contribution in [3.05, 3.63) is 12.2 Å². The van der Waals surface area contributed by atoms with Gasteiger partial charge >= 0.3 is 7.82 Å². The molecular weight excluding hydrogens is 467 g/mol. The molecule has 0 spiro atoms. The summed E-state index contributed by atoms with van der Waals surface area (Å²) in [6.45, 7) is 6.42. The van der Waals surface area contributed by atoms with Gasteiger partial charge in [-0.3, -0.25) is 9.32 Å². The van der Waals surface area contributed by atoms with Crippen LogP contribution >= 0.6 is 7.82 Å². The molecule has 0 aromatic rings. The maximum atomic E-state index is 11.6. The summed E-state index contributed by atoms with van der Waals surface area (Å²) in [7, 11) is -4.20. The number of nitrogens with one attached hydrogen (secondary N) is 2. The minimum Gasteiger partial charge on any atom is -0.395 e. The van der Waals surface area contributed by atoms with Gasteiger partial charge in [0.15, 0.2) is 0 Å². The molecule has 0 aromatic carbocycles. The van der Waals surface area contributed by atoms with E-state index in [1.54, 1.807) is 0 Å². The van der Waals surface area contributed by atoms with Crippen molar-refractivity contribution in [3.63, 3.8) is 0 Å². The van der Waals surface area contributed by atoms with Crippen LogP contribution in [0.2, 0.25) is 0 Å². The van der Waals surface area contributed by atoms with Crippen molar-refractivity contribution in [1.82, 2.24) is 10.6 Å². The molecule has 0 unspecified atom stereocenters. The molecule has 0 saturated carbocycles. The molecule has 0 aliphatic rings. The first kappa shape index (κ1) is 36.4. The number of aliphatic hydroxyl groups excluding tert-OH is 1. The van der Waals surface area contributed by atoms with Gasteiger partial charge in [0, 0.05) is 26.1 Å². The van der Waals surface area contributed by atoms with Gasteiger partial charge in [0.25, 0.3) is 0 Å². The fourth-order valence-electron chi connectivity index (χ4n) is 3.27. The lowest BCUT2D eigenvalue weighted by atomic mass is 10.1. The monoisotopic (exact) mass is 522 g/mol. The highest BCUT2D eigenvalue weighted by molar-refractivity contribution is 7.46. The number of allylic oxidation sites excluding steroid dienone is 2. The summed E-state index contributed by atoms with van der Waals surface area (Å²) in [5.41, 5.74) is 0. The molecule has 8 nitrogen and oxygen atoms in total. The number of carbonyl (C=O) groups is 1. The lowest BCUT2D eigenvalue weighted by Crippen LogP contribution is -2.32. The summed E-state index contributed by atoms with van der Waals surface area (Å²) in [5, 5.41) is 14.6. The molecule has 0 heterocycles. The van der Waals surface area contributed by atoms with Crippen LogP contribution in [0.3, 0.4) is 0 Å². The van der Waals surface area contributed by atoms with E-state index in [0.29, 0.717) is 25.9 Å². The largest absolute Gasteiger partial charge is 0.469 e. The van der Waals surface area contributed by atoms with Crippen molar-refractivity contribution in [2.24, 2.45) is 0 Å². The van der Waals surface area contributed by atoms with Gasteiger partial charge in [-0.2, -0.15) is 0 Å². The summed E-state index contributed by atoms with van der Waals surface area (Å²) in [6, 6.07) is 0. The molecule has 210 valence electrons. The lowest BCUT2D eigenvalue weighted by Gasteiger charge is -2.06. The van der Waals surface area contributed by atoms with Crippen LogP contribution in [-0.4, -0.2) is 53.6 Å². The molecule has 9 heteroatoms. The molecule has 0 aliphatic carbocycles. The second-order valence-electron chi connectivity index (χ2n) is 8.84. The van der Waals surface area contributed by atoms with Crippen LogP contribution < -0.4 is 10.6 Å². The van der Waals surface area contributed by atoms with Crippen molar-refractivity contribution in [1.29, 1.82) is 0 Å². The lowest BCUT2D eigenvalue weighted by molar-refractivity contribution is -0.121. The second-order valence-corrected chi connectivity index (χ2v) is 10.1. The summed E-state index contributed by atoms with van der Waals surface area (Å²) in [5.74, 6) is 0.147.